The molecule has 0 radical (unpaired) electrons. The number of benzene rings is 1. The Bertz CT molecular complexity index is 505. The molecule has 1 aromatic heterocycles. The predicted molar refractivity (Wildman–Crippen MR) is 74.4 cm³/mol. The maximum atomic E-state index is 11.7. The van der Waals surface area contributed by atoms with E-state index in [4.69, 9.17) is 5.73 Å². The highest BCUT2D eigenvalue weighted by molar-refractivity contribution is 5.78. The van der Waals surface area contributed by atoms with Crippen LogP contribution in [0.5, 0.6) is 0 Å². The Kier molecular flexibility index (Phi) is 4.55. The minimum Gasteiger partial charge on any atom is -0.399 e. The summed E-state index contributed by atoms with van der Waals surface area (Å²) in [6.07, 6.45) is 6.72. The number of nitrogens with two attached hydrogens (primary N) is 1. The molecule has 3 N–H and O–H groups in total. The van der Waals surface area contributed by atoms with Crippen molar-refractivity contribution < 1.29 is 4.79 Å². The van der Waals surface area contributed by atoms with Crippen LogP contribution in [0, 0.1) is 0 Å². The first-order chi connectivity index (χ1) is 9.24. The van der Waals surface area contributed by atoms with Gasteiger partial charge in [0.05, 0.1) is 12.7 Å². The summed E-state index contributed by atoms with van der Waals surface area (Å²) in [5, 5.41) is 2.90. The third-order valence-electron chi connectivity index (χ3n) is 2.82. The van der Waals surface area contributed by atoms with Crippen molar-refractivity contribution in [2.24, 2.45) is 0 Å². The fraction of sp³-hybridized carbons (Fsp3) is 0.286. The first-order valence-corrected chi connectivity index (χ1v) is 6.31. The number of hydrogen-bond donors (Lipinski definition) is 2. The Labute approximate surface area is 112 Å². The lowest BCUT2D eigenvalue weighted by atomic mass is 10.1. The van der Waals surface area contributed by atoms with Gasteiger partial charge in [-0.25, -0.2) is 4.98 Å². The van der Waals surface area contributed by atoms with Crippen LogP contribution in [0.1, 0.15) is 12.0 Å². The van der Waals surface area contributed by atoms with E-state index in [1.54, 1.807) is 12.5 Å². The van der Waals surface area contributed by atoms with Crippen LogP contribution in [0.2, 0.25) is 0 Å². The van der Waals surface area contributed by atoms with E-state index in [9.17, 15) is 4.79 Å². The number of anilines is 1. The molecule has 0 aliphatic rings. The normalized spacial score (nSPS) is 10.3. The SMILES string of the molecule is Nc1ccc(CC(=O)NCCCn2ccnc2)cc1. The highest BCUT2D eigenvalue weighted by Crippen LogP contribution is 2.05. The highest BCUT2D eigenvalue weighted by Gasteiger charge is 2.02. The Hall–Kier alpha value is -2.30. The number of carbonyl (C=O) groups is 1. The zero-order chi connectivity index (χ0) is 13.5. The summed E-state index contributed by atoms with van der Waals surface area (Å²) in [6, 6.07) is 7.37. The van der Waals surface area contributed by atoms with Crippen molar-refractivity contribution in [1.82, 2.24) is 14.9 Å². The first-order valence-electron chi connectivity index (χ1n) is 6.31. The predicted octanol–water partition coefficient (Wildman–Crippen LogP) is 1.21. The molecule has 0 aliphatic carbocycles. The topological polar surface area (TPSA) is 72.9 Å². The molecule has 0 aliphatic heterocycles. The number of aryl methyl sites for hydroxylation is 1. The summed E-state index contributed by atoms with van der Waals surface area (Å²) in [6.45, 7) is 1.54. The monoisotopic (exact) mass is 258 g/mol. The third kappa shape index (κ3) is 4.46. The molecule has 2 aromatic rings. The van der Waals surface area contributed by atoms with Crippen molar-refractivity contribution >= 4 is 11.6 Å². The number of nitrogens with zero attached hydrogens (tertiary/aromatic N) is 2. The standard InChI is InChI=1S/C14H18N4O/c15-13-4-2-12(3-5-13)10-14(19)17-6-1-8-18-9-7-16-11-18/h2-5,7,9,11H,1,6,8,10,15H2,(H,17,19). The lowest BCUT2D eigenvalue weighted by molar-refractivity contribution is -0.120. The third-order valence-corrected chi connectivity index (χ3v) is 2.82. The van der Waals surface area contributed by atoms with Crippen molar-refractivity contribution in [3.63, 3.8) is 0 Å². The first kappa shape index (κ1) is 13.1. The van der Waals surface area contributed by atoms with Gasteiger partial charge in [0.2, 0.25) is 5.91 Å². The summed E-state index contributed by atoms with van der Waals surface area (Å²) in [5.41, 5.74) is 7.28. The fourth-order valence-corrected chi connectivity index (χ4v) is 1.79. The number of amides is 1. The number of nitrogen functional groups attached to an aromatic ring is 1. The van der Waals surface area contributed by atoms with Crippen LogP contribution in [0.3, 0.4) is 0 Å². The highest BCUT2D eigenvalue weighted by atomic mass is 16.1. The van der Waals surface area contributed by atoms with Crippen LogP contribution < -0.4 is 11.1 Å². The number of hydrogen-bond acceptors (Lipinski definition) is 3. The number of rotatable bonds is 6. The lowest BCUT2D eigenvalue weighted by Crippen LogP contribution is -2.26. The molecule has 2 rings (SSSR count). The van der Waals surface area contributed by atoms with Crippen molar-refractivity contribution in [1.29, 1.82) is 0 Å². The van der Waals surface area contributed by atoms with Crippen molar-refractivity contribution in [2.45, 2.75) is 19.4 Å². The summed E-state index contributed by atoms with van der Waals surface area (Å²) in [4.78, 5) is 15.7. The van der Waals surface area contributed by atoms with Gasteiger partial charge in [0.15, 0.2) is 0 Å². The Morgan fingerprint density at radius 2 is 2.11 bits per heavy atom. The summed E-state index contributed by atoms with van der Waals surface area (Å²) in [7, 11) is 0. The van der Waals surface area contributed by atoms with Crippen LogP contribution in [0.25, 0.3) is 0 Å². The second-order valence-electron chi connectivity index (χ2n) is 4.42. The summed E-state index contributed by atoms with van der Waals surface area (Å²) in [5.74, 6) is 0.0374. The molecule has 0 spiro atoms. The molecule has 5 nitrogen and oxygen atoms in total. The van der Waals surface area contributed by atoms with Crippen LogP contribution in [0.4, 0.5) is 5.69 Å². The maximum Gasteiger partial charge on any atom is 0.224 e. The van der Waals surface area contributed by atoms with Crippen molar-refractivity contribution in [3.05, 3.63) is 48.5 Å². The average Bonchev–Trinajstić information content (AvgIpc) is 2.91. The summed E-state index contributed by atoms with van der Waals surface area (Å²) < 4.78 is 1.99. The van der Waals surface area contributed by atoms with Gasteiger partial charge in [-0.2, -0.15) is 0 Å². The second kappa shape index (κ2) is 6.58. The van der Waals surface area contributed by atoms with Gasteiger partial charge in [-0.05, 0) is 24.1 Å². The van der Waals surface area contributed by atoms with Crippen LogP contribution in [0.15, 0.2) is 43.0 Å². The van der Waals surface area contributed by atoms with E-state index in [2.05, 4.69) is 10.3 Å². The quantitative estimate of drug-likeness (QED) is 0.604. The number of nitrogens with one attached hydrogen (secondary N) is 1. The smallest absolute Gasteiger partial charge is 0.224 e. The average molecular weight is 258 g/mol. The molecule has 1 aromatic carbocycles. The molecule has 0 bridgehead atoms. The van der Waals surface area contributed by atoms with Gasteiger partial charge in [-0.3, -0.25) is 4.79 Å². The van der Waals surface area contributed by atoms with Crippen LogP contribution in [-0.4, -0.2) is 22.0 Å². The van der Waals surface area contributed by atoms with E-state index in [1.165, 1.54) is 0 Å². The largest absolute Gasteiger partial charge is 0.399 e. The van der Waals surface area contributed by atoms with E-state index in [0.29, 0.717) is 18.7 Å². The minimum atomic E-state index is 0.0374. The van der Waals surface area contributed by atoms with E-state index >= 15 is 0 Å². The molecule has 19 heavy (non-hydrogen) atoms. The Balaban J connectivity index is 1.65. The molecule has 5 heteroatoms. The van der Waals surface area contributed by atoms with Crippen LogP contribution >= 0.6 is 0 Å². The van der Waals surface area contributed by atoms with Gasteiger partial charge in [-0.15, -0.1) is 0 Å². The molecule has 0 saturated carbocycles. The van der Waals surface area contributed by atoms with Crippen LogP contribution in [-0.2, 0) is 17.8 Å². The van der Waals surface area contributed by atoms with Crippen molar-refractivity contribution in [3.8, 4) is 0 Å². The molecule has 0 saturated heterocycles. The molecular formula is C14H18N4O. The second-order valence-corrected chi connectivity index (χ2v) is 4.42. The number of imidazole rings is 1. The molecule has 100 valence electrons. The van der Waals surface area contributed by atoms with Gasteiger partial charge in [0, 0.05) is 31.2 Å². The zero-order valence-corrected chi connectivity index (χ0v) is 10.7. The molecular weight excluding hydrogens is 240 g/mol. The van der Waals surface area contributed by atoms with Gasteiger partial charge in [0.25, 0.3) is 0 Å². The Morgan fingerprint density at radius 3 is 2.79 bits per heavy atom. The minimum absolute atomic E-state index is 0.0374. The van der Waals surface area contributed by atoms with Gasteiger partial charge >= 0.3 is 0 Å². The lowest BCUT2D eigenvalue weighted by Gasteiger charge is -2.06. The van der Waals surface area contributed by atoms with Gasteiger partial charge < -0.3 is 15.6 Å². The maximum absolute atomic E-state index is 11.7. The summed E-state index contributed by atoms with van der Waals surface area (Å²) >= 11 is 0. The van der Waals surface area contributed by atoms with Gasteiger partial charge in [0.1, 0.15) is 0 Å². The zero-order valence-electron chi connectivity index (χ0n) is 10.7. The fourth-order valence-electron chi connectivity index (χ4n) is 1.79. The number of carbonyl (C=O) groups excluding carboxylic acids is 1. The Morgan fingerprint density at radius 1 is 1.32 bits per heavy atom. The van der Waals surface area contributed by atoms with E-state index in [1.807, 2.05) is 35.0 Å². The molecule has 1 heterocycles. The van der Waals surface area contributed by atoms with Gasteiger partial charge in [-0.1, -0.05) is 12.1 Å². The van der Waals surface area contributed by atoms with Crippen molar-refractivity contribution in [2.75, 3.05) is 12.3 Å². The molecule has 1 amide bonds. The van der Waals surface area contributed by atoms with E-state index < -0.39 is 0 Å². The molecule has 0 unspecified atom stereocenters. The number of aromatic nitrogens is 2. The molecule has 0 atom stereocenters. The van der Waals surface area contributed by atoms with E-state index in [-0.39, 0.29) is 5.91 Å². The van der Waals surface area contributed by atoms with E-state index in [0.717, 1.165) is 18.5 Å². The molecule has 0 fully saturated rings.